The summed E-state index contributed by atoms with van der Waals surface area (Å²) < 4.78 is 0. The van der Waals surface area contributed by atoms with Crippen LogP contribution in [0, 0.1) is 12.8 Å². The van der Waals surface area contributed by atoms with E-state index in [-0.39, 0.29) is 17.7 Å². The molecule has 1 aliphatic rings. The number of hydrogen-bond acceptors (Lipinski definition) is 5. The number of aryl methyl sites for hydroxylation is 2. The fraction of sp³-hybridized carbons (Fsp3) is 0.333. The molecule has 1 aliphatic heterocycles. The molecule has 2 aromatic heterocycles. The van der Waals surface area contributed by atoms with Crippen LogP contribution in [0.3, 0.4) is 0 Å². The standard InChI is InChI=1S/C24H26N4O2S/c1-17-4-6-18(7-5-17)14-28-15-20(13-23(28)29)24(30)26-10-2-3-22-27-21(16-31-22)19-8-11-25-12-9-19/h4-9,11-12,16,20H,2-3,10,13-15H2,1H3,(H,26,30). The van der Waals surface area contributed by atoms with Gasteiger partial charge >= 0.3 is 0 Å². The van der Waals surface area contributed by atoms with E-state index in [0.29, 0.717) is 26.1 Å². The van der Waals surface area contributed by atoms with E-state index in [1.54, 1.807) is 28.6 Å². The molecule has 3 aromatic rings. The van der Waals surface area contributed by atoms with Crippen LogP contribution in [0.2, 0.25) is 0 Å². The van der Waals surface area contributed by atoms with Gasteiger partial charge in [-0.2, -0.15) is 0 Å². The number of nitrogens with zero attached hydrogens (tertiary/aromatic N) is 3. The number of benzene rings is 1. The molecular weight excluding hydrogens is 408 g/mol. The van der Waals surface area contributed by atoms with E-state index in [4.69, 9.17) is 0 Å². The van der Waals surface area contributed by atoms with Crippen molar-refractivity contribution in [2.75, 3.05) is 13.1 Å². The van der Waals surface area contributed by atoms with Crippen LogP contribution in [0.1, 0.15) is 29.0 Å². The van der Waals surface area contributed by atoms with E-state index >= 15 is 0 Å². The second-order valence-corrected chi connectivity index (χ2v) is 8.86. The molecule has 3 heterocycles. The van der Waals surface area contributed by atoms with Crippen molar-refractivity contribution in [3.05, 3.63) is 70.3 Å². The lowest BCUT2D eigenvalue weighted by Crippen LogP contribution is -2.33. The molecule has 4 rings (SSSR count). The van der Waals surface area contributed by atoms with Gasteiger partial charge in [0.25, 0.3) is 0 Å². The van der Waals surface area contributed by atoms with Crippen LogP contribution in [0.25, 0.3) is 11.3 Å². The van der Waals surface area contributed by atoms with Crippen molar-refractivity contribution >= 4 is 23.2 Å². The van der Waals surface area contributed by atoms with Gasteiger partial charge in [0.1, 0.15) is 0 Å². The third kappa shape index (κ3) is 5.55. The molecule has 6 nitrogen and oxygen atoms in total. The minimum atomic E-state index is -0.267. The van der Waals surface area contributed by atoms with E-state index in [9.17, 15) is 9.59 Å². The highest BCUT2D eigenvalue weighted by molar-refractivity contribution is 7.09. The molecule has 0 bridgehead atoms. The SMILES string of the molecule is Cc1ccc(CN2CC(C(=O)NCCCc3nc(-c4ccncc4)cs3)CC2=O)cc1. The first-order valence-electron chi connectivity index (χ1n) is 10.5. The number of likely N-dealkylation sites (tertiary alicyclic amines) is 1. The predicted octanol–water partition coefficient (Wildman–Crippen LogP) is 3.61. The van der Waals surface area contributed by atoms with E-state index in [2.05, 4.69) is 20.7 Å². The molecule has 7 heteroatoms. The smallest absolute Gasteiger partial charge is 0.225 e. The molecule has 31 heavy (non-hydrogen) atoms. The number of amides is 2. The topological polar surface area (TPSA) is 75.2 Å². The Balaban J connectivity index is 1.20. The molecule has 1 N–H and O–H groups in total. The third-order valence-electron chi connectivity index (χ3n) is 5.47. The maximum Gasteiger partial charge on any atom is 0.225 e. The molecule has 1 fully saturated rings. The van der Waals surface area contributed by atoms with Gasteiger partial charge in [-0.05, 0) is 31.0 Å². The number of nitrogens with one attached hydrogen (secondary N) is 1. The largest absolute Gasteiger partial charge is 0.356 e. The summed E-state index contributed by atoms with van der Waals surface area (Å²) in [5.41, 5.74) is 4.31. The first kappa shape index (κ1) is 21.2. The van der Waals surface area contributed by atoms with Crippen molar-refractivity contribution < 1.29 is 9.59 Å². The summed E-state index contributed by atoms with van der Waals surface area (Å²) >= 11 is 1.64. The van der Waals surface area contributed by atoms with Crippen molar-refractivity contribution in [2.45, 2.75) is 32.7 Å². The first-order chi connectivity index (χ1) is 15.1. The van der Waals surface area contributed by atoms with E-state index in [1.807, 2.05) is 43.3 Å². The molecular formula is C24H26N4O2S. The van der Waals surface area contributed by atoms with Gasteiger partial charge in [-0.1, -0.05) is 29.8 Å². The summed E-state index contributed by atoms with van der Waals surface area (Å²) in [4.78, 5) is 35.3. The van der Waals surface area contributed by atoms with Gasteiger partial charge in [0.05, 0.1) is 16.6 Å². The Morgan fingerprint density at radius 3 is 2.74 bits per heavy atom. The summed E-state index contributed by atoms with van der Waals surface area (Å²) in [5.74, 6) is -0.250. The van der Waals surface area contributed by atoms with Crippen molar-refractivity contribution in [3.8, 4) is 11.3 Å². The van der Waals surface area contributed by atoms with Crippen LogP contribution in [0.4, 0.5) is 0 Å². The molecule has 160 valence electrons. The Kier molecular flexibility index (Phi) is 6.72. The zero-order valence-electron chi connectivity index (χ0n) is 17.6. The molecule has 0 aliphatic carbocycles. The zero-order valence-corrected chi connectivity index (χ0v) is 18.4. The number of carbonyl (C=O) groups excluding carboxylic acids is 2. The quantitative estimate of drug-likeness (QED) is 0.550. The normalized spacial score (nSPS) is 16.0. The van der Waals surface area contributed by atoms with E-state index in [0.717, 1.165) is 34.7 Å². The Morgan fingerprint density at radius 1 is 1.19 bits per heavy atom. The lowest BCUT2D eigenvalue weighted by molar-refractivity contribution is -0.129. The zero-order chi connectivity index (χ0) is 21.6. The first-order valence-corrected chi connectivity index (χ1v) is 11.4. The minimum Gasteiger partial charge on any atom is -0.356 e. The fourth-order valence-corrected chi connectivity index (χ4v) is 4.54. The Bertz CT molecular complexity index is 1030. The molecule has 0 saturated carbocycles. The number of aromatic nitrogens is 2. The van der Waals surface area contributed by atoms with Crippen molar-refractivity contribution in [1.29, 1.82) is 0 Å². The average Bonchev–Trinajstić information content (AvgIpc) is 3.40. The molecule has 2 amide bonds. The molecule has 1 atom stereocenters. The fourth-order valence-electron chi connectivity index (χ4n) is 3.69. The lowest BCUT2D eigenvalue weighted by Gasteiger charge is -2.17. The number of pyridine rings is 1. The second-order valence-electron chi connectivity index (χ2n) is 7.92. The van der Waals surface area contributed by atoms with Crippen LogP contribution in [0.15, 0.2) is 54.2 Å². The van der Waals surface area contributed by atoms with Gasteiger partial charge in [-0.15, -0.1) is 11.3 Å². The summed E-state index contributed by atoms with van der Waals surface area (Å²) in [6, 6.07) is 12.1. The Labute approximate surface area is 186 Å². The maximum absolute atomic E-state index is 12.5. The van der Waals surface area contributed by atoms with Crippen molar-refractivity contribution in [1.82, 2.24) is 20.2 Å². The predicted molar refractivity (Wildman–Crippen MR) is 121 cm³/mol. The highest BCUT2D eigenvalue weighted by atomic mass is 32.1. The van der Waals surface area contributed by atoms with Crippen LogP contribution in [-0.4, -0.2) is 39.8 Å². The molecule has 1 saturated heterocycles. The molecule has 0 spiro atoms. The van der Waals surface area contributed by atoms with Gasteiger partial charge in [-0.25, -0.2) is 4.98 Å². The average molecular weight is 435 g/mol. The second kappa shape index (κ2) is 9.83. The molecule has 0 radical (unpaired) electrons. The van der Waals surface area contributed by atoms with E-state index in [1.165, 1.54) is 5.56 Å². The number of carbonyl (C=O) groups is 2. The van der Waals surface area contributed by atoms with Crippen molar-refractivity contribution in [3.63, 3.8) is 0 Å². The number of thiazole rings is 1. The summed E-state index contributed by atoms with van der Waals surface area (Å²) in [6.07, 6.45) is 5.46. The van der Waals surface area contributed by atoms with Gasteiger partial charge in [-0.3, -0.25) is 14.6 Å². The monoisotopic (exact) mass is 434 g/mol. The third-order valence-corrected chi connectivity index (χ3v) is 6.38. The van der Waals surface area contributed by atoms with Crippen LogP contribution < -0.4 is 5.32 Å². The van der Waals surface area contributed by atoms with Crippen molar-refractivity contribution in [2.24, 2.45) is 5.92 Å². The highest BCUT2D eigenvalue weighted by Gasteiger charge is 2.33. The molecule has 1 unspecified atom stereocenters. The van der Waals surface area contributed by atoms with Gasteiger partial charge in [0, 0.05) is 55.8 Å². The van der Waals surface area contributed by atoms with Gasteiger partial charge in [0.2, 0.25) is 11.8 Å². The summed E-state index contributed by atoms with van der Waals surface area (Å²) in [5, 5.41) is 6.10. The van der Waals surface area contributed by atoms with Crippen LogP contribution in [0.5, 0.6) is 0 Å². The van der Waals surface area contributed by atoms with Gasteiger partial charge in [0.15, 0.2) is 0 Å². The summed E-state index contributed by atoms with van der Waals surface area (Å²) in [6.45, 7) is 3.68. The van der Waals surface area contributed by atoms with Crippen LogP contribution in [-0.2, 0) is 22.6 Å². The maximum atomic E-state index is 12.5. The Morgan fingerprint density at radius 2 is 1.97 bits per heavy atom. The van der Waals surface area contributed by atoms with E-state index < -0.39 is 0 Å². The highest BCUT2D eigenvalue weighted by Crippen LogP contribution is 2.22. The number of rotatable bonds is 8. The number of hydrogen-bond donors (Lipinski definition) is 1. The van der Waals surface area contributed by atoms with Gasteiger partial charge < -0.3 is 10.2 Å². The lowest BCUT2D eigenvalue weighted by atomic mass is 10.1. The van der Waals surface area contributed by atoms with Crippen LogP contribution >= 0.6 is 11.3 Å². The minimum absolute atomic E-state index is 0.0311. The summed E-state index contributed by atoms with van der Waals surface area (Å²) in [7, 11) is 0. The molecule has 1 aromatic carbocycles. The Hall–Kier alpha value is -3.06.